The van der Waals surface area contributed by atoms with Crippen LogP contribution in [0.5, 0.6) is 0 Å². The van der Waals surface area contributed by atoms with Crippen molar-refractivity contribution in [3.8, 4) is 0 Å². The lowest BCUT2D eigenvalue weighted by molar-refractivity contribution is -0.143. The molecular formula is C10H18O2. The Labute approximate surface area is 74.6 Å². The Morgan fingerprint density at radius 1 is 1.58 bits per heavy atom. The van der Waals surface area contributed by atoms with E-state index in [1.165, 1.54) is 0 Å². The second kappa shape index (κ2) is 5.81. The van der Waals surface area contributed by atoms with E-state index in [1.54, 1.807) is 6.92 Å². The molecule has 0 aliphatic carbocycles. The van der Waals surface area contributed by atoms with E-state index in [0.717, 1.165) is 19.3 Å². The molecule has 0 N–H and O–H groups in total. The molecule has 12 heavy (non-hydrogen) atoms. The molecule has 0 aromatic carbocycles. The van der Waals surface area contributed by atoms with Gasteiger partial charge in [0, 0.05) is 5.57 Å². The van der Waals surface area contributed by atoms with E-state index in [0.29, 0.717) is 5.57 Å². The molecule has 0 heterocycles. The van der Waals surface area contributed by atoms with E-state index in [9.17, 15) is 4.79 Å². The molecule has 70 valence electrons. The first-order chi connectivity index (χ1) is 5.57. The van der Waals surface area contributed by atoms with Crippen molar-refractivity contribution in [1.82, 2.24) is 0 Å². The number of ether oxygens (including phenoxy) is 1. The second-order valence-corrected chi connectivity index (χ2v) is 3.14. The molecule has 2 nitrogen and oxygen atoms in total. The van der Waals surface area contributed by atoms with Gasteiger partial charge in [0.1, 0.15) is 0 Å². The molecule has 0 aromatic rings. The Hall–Kier alpha value is -0.790. The average Bonchev–Trinajstić information content (AvgIpc) is 2.00. The molecular weight excluding hydrogens is 152 g/mol. The minimum Gasteiger partial charge on any atom is -0.459 e. The Bertz CT molecular complexity index is 161. The Morgan fingerprint density at radius 3 is 2.58 bits per heavy atom. The summed E-state index contributed by atoms with van der Waals surface area (Å²) < 4.78 is 5.08. The van der Waals surface area contributed by atoms with Crippen LogP contribution in [-0.2, 0) is 9.53 Å². The number of rotatable bonds is 5. The maximum atomic E-state index is 11.0. The molecule has 0 fully saturated rings. The zero-order valence-electron chi connectivity index (χ0n) is 8.22. The van der Waals surface area contributed by atoms with E-state index in [4.69, 9.17) is 4.74 Å². The van der Waals surface area contributed by atoms with Gasteiger partial charge in [-0.1, -0.05) is 26.3 Å². The maximum Gasteiger partial charge on any atom is 0.333 e. The van der Waals surface area contributed by atoms with Crippen LogP contribution in [0.1, 0.15) is 40.0 Å². The number of hydrogen-bond donors (Lipinski definition) is 0. The number of esters is 1. The van der Waals surface area contributed by atoms with Gasteiger partial charge in [-0.2, -0.15) is 0 Å². The highest BCUT2D eigenvalue weighted by Gasteiger charge is 2.08. The summed E-state index contributed by atoms with van der Waals surface area (Å²) in [6, 6.07) is 0. The van der Waals surface area contributed by atoms with Crippen molar-refractivity contribution in [2.45, 2.75) is 46.1 Å². The lowest BCUT2D eigenvalue weighted by Gasteiger charge is -2.11. The van der Waals surface area contributed by atoms with Gasteiger partial charge in [-0.25, -0.2) is 4.79 Å². The van der Waals surface area contributed by atoms with Crippen molar-refractivity contribution in [1.29, 1.82) is 0 Å². The van der Waals surface area contributed by atoms with Crippen LogP contribution in [0.3, 0.4) is 0 Å². The quantitative estimate of drug-likeness (QED) is 0.468. The summed E-state index contributed by atoms with van der Waals surface area (Å²) in [4.78, 5) is 11.0. The molecule has 0 rings (SSSR count). The number of carbonyl (C=O) groups is 1. The van der Waals surface area contributed by atoms with Crippen molar-refractivity contribution in [2.75, 3.05) is 0 Å². The summed E-state index contributed by atoms with van der Waals surface area (Å²) in [6.45, 7) is 9.21. The third-order valence-electron chi connectivity index (χ3n) is 1.62. The third-order valence-corrected chi connectivity index (χ3v) is 1.62. The topological polar surface area (TPSA) is 26.3 Å². The number of hydrogen-bond acceptors (Lipinski definition) is 2. The van der Waals surface area contributed by atoms with Crippen molar-refractivity contribution >= 4 is 5.97 Å². The summed E-state index contributed by atoms with van der Waals surface area (Å²) in [5, 5.41) is 0. The molecule has 0 radical (unpaired) electrons. The maximum absolute atomic E-state index is 11.0. The van der Waals surface area contributed by atoms with Gasteiger partial charge >= 0.3 is 5.97 Å². The smallest absolute Gasteiger partial charge is 0.333 e. The molecule has 2 heteroatoms. The minimum atomic E-state index is -0.279. The third kappa shape index (κ3) is 4.94. The predicted molar refractivity (Wildman–Crippen MR) is 49.9 cm³/mol. The van der Waals surface area contributed by atoms with Gasteiger partial charge in [0.2, 0.25) is 0 Å². The van der Waals surface area contributed by atoms with Gasteiger partial charge in [-0.3, -0.25) is 0 Å². The Morgan fingerprint density at radius 2 is 2.17 bits per heavy atom. The first kappa shape index (κ1) is 11.2. The predicted octanol–water partition coefficient (Wildman–Crippen LogP) is 2.68. The largest absolute Gasteiger partial charge is 0.459 e. The summed E-state index contributed by atoms with van der Waals surface area (Å²) in [5.74, 6) is -0.279. The molecule has 0 spiro atoms. The molecule has 0 aromatic heterocycles. The van der Waals surface area contributed by atoms with Gasteiger partial charge in [0.15, 0.2) is 0 Å². The highest BCUT2D eigenvalue weighted by Crippen LogP contribution is 2.06. The fourth-order valence-corrected chi connectivity index (χ4v) is 0.834. The minimum absolute atomic E-state index is 0.0224. The van der Waals surface area contributed by atoms with Crippen molar-refractivity contribution in [3.63, 3.8) is 0 Å². The average molecular weight is 170 g/mol. The van der Waals surface area contributed by atoms with Crippen molar-refractivity contribution in [2.24, 2.45) is 0 Å². The van der Waals surface area contributed by atoms with Gasteiger partial charge in [-0.05, 0) is 20.3 Å². The van der Waals surface area contributed by atoms with E-state index < -0.39 is 0 Å². The lowest BCUT2D eigenvalue weighted by Crippen LogP contribution is -2.14. The first-order valence-electron chi connectivity index (χ1n) is 4.44. The van der Waals surface area contributed by atoms with E-state index in [2.05, 4.69) is 13.5 Å². The standard InChI is InChI=1S/C10H18O2/c1-5-6-7-9(4)12-10(11)8(2)3/h9H,2,5-7H2,1,3-4H3. The van der Waals surface area contributed by atoms with Gasteiger partial charge < -0.3 is 4.74 Å². The van der Waals surface area contributed by atoms with Gasteiger partial charge in [0.25, 0.3) is 0 Å². The van der Waals surface area contributed by atoms with Gasteiger partial charge in [-0.15, -0.1) is 0 Å². The zero-order valence-corrected chi connectivity index (χ0v) is 8.22. The summed E-state index contributed by atoms with van der Waals surface area (Å²) >= 11 is 0. The van der Waals surface area contributed by atoms with Crippen LogP contribution in [-0.4, -0.2) is 12.1 Å². The van der Waals surface area contributed by atoms with E-state index in [-0.39, 0.29) is 12.1 Å². The molecule has 0 aliphatic rings. The van der Waals surface area contributed by atoms with Crippen LogP contribution in [0, 0.1) is 0 Å². The highest BCUT2D eigenvalue weighted by molar-refractivity contribution is 5.87. The Balaban J connectivity index is 3.61. The molecule has 1 atom stereocenters. The van der Waals surface area contributed by atoms with E-state index >= 15 is 0 Å². The van der Waals surface area contributed by atoms with Crippen LogP contribution in [0.2, 0.25) is 0 Å². The summed E-state index contributed by atoms with van der Waals surface area (Å²) in [5.41, 5.74) is 0.471. The van der Waals surface area contributed by atoms with Crippen LogP contribution in [0.15, 0.2) is 12.2 Å². The summed E-state index contributed by atoms with van der Waals surface area (Å²) in [6.07, 6.45) is 3.20. The van der Waals surface area contributed by atoms with Crippen LogP contribution in [0.4, 0.5) is 0 Å². The molecule has 0 saturated carbocycles. The summed E-state index contributed by atoms with van der Waals surface area (Å²) in [7, 11) is 0. The second-order valence-electron chi connectivity index (χ2n) is 3.14. The molecule has 0 saturated heterocycles. The van der Waals surface area contributed by atoms with Crippen LogP contribution in [0.25, 0.3) is 0 Å². The van der Waals surface area contributed by atoms with Crippen molar-refractivity contribution < 1.29 is 9.53 Å². The number of carbonyl (C=O) groups excluding carboxylic acids is 1. The van der Waals surface area contributed by atoms with Crippen LogP contribution >= 0.6 is 0 Å². The zero-order chi connectivity index (χ0) is 9.56. The first-order valence-corrected chi connectivity index (χ1v) is 4.44. The molecule has 0 aliphatic heterocycles. The molecule has 0 amide bonds. The normalized spacial score (nSPS) is 12.2. The number of unbranched alkanes of at least 4 members (excludes halogenated alkanes) is 1. The van der Waals surface area contributed by atoms with Crippen LogP contribution < -0.4 is 0 Å². The highest BCUT2D eigenvalue weighted by atomic mass is 16.5. The lowest BCUT2D eigenvalue weighted by atomic mass is 10.2. The van der Waals surface area contributed by atoms with Gasteiger partial charge in [0.05, 0.1) is 6.10 Å². The molecule has 1 unspecified atom stereocenters. The fourth-order valence-electron chi connectivity index (χ4n) is 0.834. The van der Waals surface area contributed by atoms with E-state index in [1.807, 2.05) is 6.92 Å². The fraction of sp³-hybridized carbons (Fsp3) is 0.700. The molecule has 0 bridgehead atoms. The Kier molecular flexibility index (Phi) is 5.43. The SMILES string of the molecule is C=C(C)C(=O)OC(C)CCCC. The van der Waals surface area contributed by atoms with Crippen molar-refractivity contribution in [3.05, 3.63) is 12.2 Å². The monoisotopic (exact) mass is 170 g/mol.